The fraction of sp³-hybridized carbons (Fsp3) is 0.481. The van der Waals surface area contributed by atoms with E-state index in [-0.39, 0.29) is 0 Å². The van der Waals surface area contributed by atoms with Crippen LogP contribution in [-0.4, -0.2) is 51.4 Å². The van der Waals surface area contributed by atoms with Crippen molar-refractivity contribution >= 4 is 16.9 Å². The Morgan fingerprint density at radius 3 is 2.34 bits per heavy atom. The predicted molar refractivity (Wildman–Crippen MR) is 128 cm³/mol. The molecule has 1 aliphatic heterocycles. The van der Waals surface area contributed by atoms with Crippen LogP contribution in [0.1, 0.15) is 49.9 Å². The van der Waals surface area contributed by atoms with Gasteiger partial charge in [0.2, 0.25) is 5.91 Å². The van der Waals surface area contributed by atoms with Crippen molar-refractivity contribution in [1.82, 2.24) is 19.4 Å². The normalized spacial score (nSPS) is 18.3. The van der Waals surface area contributed by atoms with Crippen molar-refractivity contribution in [1.29, 1.82) is 0 Å². The molecule has 2 fully saturated rings. The minimum Gasteiger partial charge on any atom is -0.340 e. The van der Waals surface area contributed by atoms with E-state index in [1.807, 2.05) is 0 Å². The third-order valence-corrected chi connectivity index (χ3v) is 7.20. The highest BCUT2D eigenvalue weighted by atomic mass is 16.2. The van der Waals surface area contributed by atoms with Gasteiger partial charge in [0.25, 0.3) is 0 Å². The molecule has 5 heteroatoms. The number of rotatable bonds is 6. The highest BCUT2D eigenvalue weighted by Crippen LogP contribution is 2.27. The molecule has 5 rings (SSSR count). The van der Waals surface area contributed by atoms with Gasteiger partial charge in [0.15, 0.2) is 0 Å². The summed E-state index contributed by atoms with van der Waals surface area (Å²) in [5.41, 5.74) is 3.53. The van der Waals surface area contributed by atoms with E-state index in [0.717, 1.165) is 57.0 Å². The molecule has 0 bridgehead atoms. The number of benzene rings is 2. The predicted octanol–water partition coefficient (Wildman–Crippen LogP) is 4.70. The van der Waals surface area contributed by atoms with Crippen LogP contribution in [0.15, 0.2) is 54.6 Å². The smallest absolute Gasteiger partial charge is 0.222 e. The zero-order chi connectivity index (χ0) is 21.8. The van der Waals surface area contributed by atoms with Crippen molar-refractivity contribution in [3.63, 3.8) is 0 Å². The summed E-state index contributed by atoms with van der Waals surface area (Å²) in [6.07, 6.45) is 7.18. The summed E-state index contributed by atoms with van der Waals surface area (Å²) in [7, 11) is 0. The Kier molecular flexibility index (Phi) is 6.54. The van der Waals surface area contributed by atoms with Gasteiger partial charge in [-0.1, -0.05) is 61.7 Å². The van der Waals surface area contributed by atoms with Crippen LogP contribution in [0.25, 0.3) is 11.0 Å². The fourth-order valence-electron chi connectivity index (χ4n) is 5.31. The highest BCUT2D eigenvalue weighted by molar-refractivity contribution is 5.77. The quantitative estimate of drug-likeness (QED) is 0.569. The maximum Gasteiger partial charge on any atom is 0.222 e. The fourth-order valence-corrected chi connectivity index (χ4v) is 5.31. The Balaban J connectivity index is 1.23. The van der Waals surface area contributed by atoms with Gasteiger partial charge in [-0.05, 0) is 36.5 Å². The van der Waals surface area contributed by atoms with E-state index < -0.39 is 0 Å². The number of carbonyl (C=O) groups is 1. The molecule has 1 saturated heterocycles. The number of piperazine rings is 1. The molecule has 32 heavy (non-hydrogen) atoms. The summed E-state index contributed by atoms with van der Waals surface area (Å²) in [5.74, 6) is 2.09. The Bertz CT molecular complexity index is 1030. The maximum atomic E-state index is 12.8. The van der Waals surface area contributed by atoms with Crippen molar-refractivity contribution in [2.75, 3.05) is 26.2 Å². The van der Waals surface area contributed by atoms with E-state index in [0.29, 0.717) is 11.8 Å². The lowest BCUT2D eigenvalue weighted by Gasteiger charge is -2.35. The first-order chi connectivity index (χ1) is 15.8. The molecule has 0 N–H and O–H groups in total. The van der Waals surface area contributed by atoms with Crippen LogP contribution >= 0.6 is 0 Å². The molecule has 0 atom stereocenters. The first kappa shape index (κ1) is 21.2. The maximum absolute atomic E-state index is 12.8. The second-order valence-electron chi connectivity index (χ2n) is 9.45. The first-order valence-electron chi connectivity index (χ1n) is 12.2. The average Bonchev–Trinajstić information content (AvgIpc) is 3.17. The van der Waals surface area contributed by atoms with Gasteiger partial charge in [-0.15, -0.1) is 0 Å². The van der Waals surface area contributed by atoms with Gasteiger partial charge in [-0.2, -0.15) is 0 Å². The second-order valence-corrected chi connectivity index (χ2v) is 9.45. The third kappa shape index (κ3) is 4.88. The minimum absolute atomic E-state index is 0.368. The van der Waals surface area contributed by atoms with Crippen LogP contribution in [0.4, 0.5) is 0 Å². The van der Waals surface area contributed by atoms with E-state index in [1.165, 1.54) is 43.2 Å². The monoisotopic (exact) mass is 430 g/mol. The third-order valence-electron chi connectivity index (χ3n) is 7.20. The number of amides is 1. The lowest BCUT2D eigenvalue weighted by molar-refractivity contribution is -0.134. The molecule has 2 heterocycles. The van der Waals surface area contributed by atoms with E-state index in [9.17, 15) is 4.79 Å². The lowest BCUT2D eigenvalue weighted by atomic mass is 9.86. The molecule has 168 valence electrons. The van der Waals surface area contributed by atoms with Crippen LogP contribution in [0, 0.1) is 5.92 Å². The molecule has 0 spiro atoms. The Morgan fingerprint density at radius 2 is 1.56 bits per heavy atom. The Labute approximate surface area is 191 Å². The zero-order valence-electron chi connectivity index (χ0n) is 19.0. The van der Waals surface area contributed by atoms with Crippen LogP contribution < -0.4 is 0 Å². The molecule has 2 aromatic carbocycles. The van der Waals surface area contributed by atoms with Gasteiger partial charge in [-0.25, -0.2) is 4.98 Å². The number of hydrogen-bond acceptors (Lipinski definition) is 3. The highest BCUT2D eigenvalue weighted by Gasteiger charge is 2.25. The van der Waals surface area contributed by atoms with Gasteiger partial charge < -0.3 is 9.47 Å². The van der Waals surface area contributed by atoms with E-state index in [4.69, 9.17) is 4.98 Å². The summed E-state index contributed by atoms with van der Waals surface area (Å²) >= 11 is 0. The molecule has 1 saturated carbocycles. The van der Waals surface area contributed by atoms with Crippen LogP contribution in [0.3, 0.4) is 0 Å². The summed E-state index contributed by atoms with van der Waals surface area (Å²) in [4.78, 5) is 22.3. The first-order valence-corrected chi connectivity index (χ1v) is 12.2. The Hall–Kier alpha value is -2.66. The Morgan fingerprint density at radius 1 is 0.844 bits per heavy atom. The van der Waals surface area contributed by atoms with Crippen LogP contribution in [-0.2, 0) is 17.9 Å². The molecular weight excluding hydrogens is 396 g/mol. The molecule has 0 unspecified atom stereocenters. The van der Waals surface area contributed by atoms with E-state index in [2.05, 4.69) is 69.0 Å². The van der Waals surface area contributed by atoms with Gasteiger partial charge in [-0.3, -0.25) is 9.69 Å². The van der Waals surface area contributed by atoms with Crippen LogP contribution in [0.5, 0.6) is 0 Å². The number of carbonyl (C=O) groups excluding carboxylic acids is 1. The standard InChI is InChI=1S/C27H34N4O/c32-27(19-22-9-3-1-4-10-22)30-17-15-29(16-18-30)21-26-28-24-13-7-8-14-25(24)31(26)20-23-11-5-2-6-12-23/h2,5-8,11-14,22H,1,3-4,9-10,15-21H2. The summed E-state index contributed by atoms with van der Waals surface area (Å²) in [6, 6.07) is 19.0. The molecule has 1 aromatic heterocycles. The van der Waals surface area contributed by atoms with Gasteiger partial charge in [0.1, 0.15) is 5.82 Å². The summed E-state index contributed by atoms with van der Waals surface area (Å²) in [6.45, 7) is 5.17. The van der Waals surface area contributed by atoms with Crippen molar-refractivity contribution < 1.29 is 4.79 Å². The van der Waals surface area contributed by atoms with E-state index >= 15 is 0 Å². The van der Waals surface area contributed by atoms with Crippen molar-refractivity contribution in [3.8, 4) is 0 Å². The molecule has 5 nitrogen and oxygen atoms in total. The summed E-state index contributed by atoms with van der Waals surface area (Å²) in [5, 5.41) is 0. The number of fused-ring (bicyclic) bond motifs is 1. The molecule has 3 aromatic rings. The summed E-state index contributed by atoms with van der Waals surface area (Å²) < 4.78 is 2.35. The number of nitrogens with zero attached hydrogens (tertiary/aromatic N) is 4. The largest absolute Gasteiger partial charge is 0.340 e. The lowest BCUT2D eigenvalue weighted by Crippen LogP contribution is -2.48. The molecule has 1 amide bonds. The average molecular weight is 431 g/mol. The molecule has 0 radical (unpaired) electrons. The minimum atomic E-state index is 0.368. The number of aromatic nitrogens is 2. The molecular formula is C27H34N4O. The zero-order valence-corrected chi connectivity index (χ0v) is 19.0. The van der Waals surface area contributed by atoms with Crippen molar-refractivity contribution in [2.45, 2.75) is 51.6 Å². The number of hydrogen-bond donors (Lipinski definition) is 0. The molecule has 1 aliphatic carbocycles. The number of para-hydroxylation sites is 2. The second kappa shape index (κ2) is 9.86. The van der Waals surface area contributed by atoms with E-state index in [1.54, 1.807) is 0 Å². The van der Waals surface area contributed by atoms with Crippen molar-refractivity contribution in [2.24, 2.45) is 5.92 Å². The molecule has 2 aliphatic rings. The van der Waals surface area contributed by atoms with Crippen molar-refractivity contribution in [3.05, 3.63) is 66.0 Å². The topological polar surface area (TPSA) is 41.4 Å². The van der Waals surface area contributed by atoms with Gasteiger partial charge in [0, 0.05) is 39.1 Å². The number of imidazole rings is 1. The van der Waals surface area contributed by atoms with Gasteiger partial charge in [0.05, 0.1) is 17.6 Å². The van der Waals surface area contributed by atoms with Crippen LogP contribution in [0.2, 0.25) is 0 Å². The SMILES string of the molecule is O=C(CC1CCCCC1)N1CCN(Cc2nc3ccccc3n2Cc2ccccc2)CC1. The van der Waals surface area contributed by atoms with Gasteiger partial charge >= 0.3 is 0 Å².